The number of nitrogens with one attached hydrogen (secondary N) is 2. The lowest BCUT2D eigenvalue weighted by Gasteiger charge is -2.19. The van der Waals surface area contributed by atoms with Crippen LogP contribution in [-0.2, 0) is 14.8 Å². The summed E-state index contributed by atoms with van der Waals surface area (Å²) < 4.78 is 26.7. The number of carboxylic acid groups (broad SMARTS) is 1. The fraction of sp³-hybridized carbons (Fsp3) is 0.353. The van der Waals surface area contributed by atoms with Gasteiger partial charge in [-0.15, -0.1) is 0 Å². The molecule has 0 spiro atoms. The van der Waals surface area contributed by atoms with E-state index in [0.717, 1.165) is 6.07 Å². The Labute approximate surface area is 156 Å². The van der Waals surface area contributed by atoms with E-state index in [1.165, 1.54) is 29.4 Å². The lowest BCUT2D eigenvalue weighted by molar-refractivity contribution is -0.138. The Balaban J connectivity index is 2.63. The van der Waals surface area contributed by atoms with Gasteiger partial charge in [-0.25, -0.2) is 8.42 Å². The normalized spacial score (nSPS) is 12.9. The maximum Gasteiger partial charge on any atom is 0.325 e. The van der Waals surface area contributed by atoms with Crippen LogP contribution < -0.4 is 10.9 Å². The van der Waals surface area contributed by atoms with E-state index in [1.807, 2.05) is 0 Å². The summed E-state index contributed by atoms with van der Waals surface area (Å²) in [4.78, 5) is 37.7. The zero-order valence-electron chi connectivity index (χ0n) is 15.1. The highest BCUT2D eigenvalue weighted by Gasteiger charge is 2.24. The molecule has 1 aromatic heterocycles. The van der Waals surface area contributed by atoms with Gasteiger partial charge in [0.25, 0.3) is 5.91 Å². The minimum atomic E-state index is -3.77. The molecule has 0 radical (unpaired) electrons. The number of hydrogen-bond acceptors (Lipinski definition) is 5. The van der Waals surface area contributed by atoms with Crippen molar-refractivity contribution in [2.45, 2.75) is 31.7 Å². The first-order valence-electron chi connectivity index (χ1n) is 8.32. The Morgan fingerprint density at radius 3 is 2.41 bits per heavy atom. The fourth-order valence-corrected chi connectivity index (χ4v) is 4.11. The van der Waals surface area contributed by atoms with Gasteiger partial charge in [-0.05, 0) is 25.1 Å². The fourth-order valence-electron chi connectivity index (χ4n) is 2.63. The number of aromatic nitrogens is 1. The van der Waals surface area contributed by atoms with Gasteiger partial charge in [0.1, 0.15) is 6.04 Å². The van der Waals surface area contributed by atoms with Crippen LogP contribution in [0.4, 0.5) is 0 Å². The summed E-state index contributed by atoms with van der Waals surface area (Å²) >= 11 is 0. The van der Waals surface area contributed by atoms with Crippen LogP contribution in [0.1, 0.15) is 31.1 Å². The number of sulfonamides is 1. The van der Waals surface area contributed by atoms with E-state index in [-0.39, 0.29) is 34.5 Å². The Bertz CT molecular complexity index is 1040. The molecule has 0 aliphatic rings. The Morgan fingerprint density at radius 2 is 1.85 bits per heavy atom. The van der Waals surface area contributed by atoms with Gasteiger partial charge in [-0.3, -0.25) is 14.4 Å². The largest absolute Gasteiger partial charge is 0.480 e. The first-order chi connectivity index (χ1) is 12.6. The number of fused-ring (bicyclic) bond motifs is 1. The van der Waals surface area contributed by atoms with E-state index in [4.69, 9.17) is 5.11 Å². The number of benzene rings is 1. The lowest BCUT2D eigenvalue weighted by atomic mass is 10.1. The lowest BCUT2D eigenvalue weighted by Crippen LogP contribution is -2.38. The molecule has 3 N–H and O–H groups in total. The number of carbonyl (C=O) groups is 2. The van der Waals surface area contributed by atoms with Crippen LogP contribution in [0.15, 0.2) is 34.0 Å². The molecule has 0 aliphatic carbocycles. The Hall–Kier alpha value is -2.72. The van der Waals surface area contributed by atoms with E-state index in [9.17, 15) is 22.8 Å². The van der Waals surface area contributed by atoms with Crippen molar-refractivity contribution < 1.29 is 23.1 Å². The maximum atomic E-state index is 12.7. The van der Waals surface area contributed by atoms with Gasteiger partial charge < -0.3 is 15.4 Å². The summed E-state index contributed by atoms with van der Waals surface area (Å²) in [5.74, 6) is -2.01. The average Bonchev–Trinajstić information content (AvgIpc) is 2.61. The smallest absolute Gasteiger partial charge is 0.325 e. The molecule has 27 heavy (non-hydrogen) atoms. The zero-order chi connectivity index (χ0) is 20.4. The summed E-state index contributed by atoms with van der Waals surface area (Å²) in [6.45, 7) is 5.28. The van der Waals surface area contributed by atoms with E-state index in [2.05, 4.69) is 10.3 Å². The van der Waals surface area contributed by atoms with Crippen molar-refractivity contribution in [3.8, 4) is 0 Å². The van der Waals surface area contributed by atoms with Crippen LogP contribution in [0, 0.1) is 0 Å². The van der Waals surface area contributed by atoms with Crippen LogP contribution in [-0.4, -0.2) is 53.8 Å². The van der Waals surface area contributed by atoms with Gasteiger partial charge >= 0.3 is 5.97 Å². The molecule has 0 fully saturated rings. The SMILES string of the molecule is CCN(CC)S(=O)(=O)c1ccc2[nH]c(=O)cc(C(=O)NC(C)C(=O)O)c2c1. The zero-order valence-corrected chi connectivity index (χ0v) is 16.0. The molecule has 1 heterocycles. The molecule has 146 valence electrons. The summed E-state index contributed by atoms with van der Waals surface area (Å²) in [6.07, 6.45) is 0. The monoisotopic (exact) mass is 395 g/mol. The molecule has 10 heteroatoms. The predicted octanol–water partition coefficient (Wildman–Crippen LogP) is 0.762. The molecule has 2 rings (SSSR count). The number of amides is 1. The molecule has 1 unspecified atom stereocenters. The van der Waals surface area contributed by atoms with Gasteiger partial charge in [-0.2, -0.15) is 4.31 Å². The van der Waals surface area contributed by atoms with Crippen molar-refractivity contribution in [3.05, 3.63) is 40.2 Å². The van der Waals surface area contributed by atoms with Crippen molar-refractivity contribution in [3.63, 3.8) is 0 Å². The number of H-pyrrole nitrogens is 1. The standard InChI is InChI=1S/C17H21N3O6S/c1-4-20(5-2)27(25,26)11-6-7-14-12(8-11)13(9-15(21)19-14)16(22)18-10(3)17(23)24/h6-10H,4-5H2,1-3H3,(H,18,22)(H,19,21)(H,23,24). The van der Waals surface area contributed by atoms with E-state index < -0.39 is 33.5 Å². The molecule has 1 atom stereocenters. The van der Waals surface area contributed by atoms with Crippen LogP contribution in [0.3, 0.4) is 0 Å². The van der Waals surface area contributed by atoms with Gasteiger partial charge in [0.2, 0.25) is 15.6 Å². The number of nitrogens with zero attached hydrogens (tertiary/aromatic N) is 1. The summed E-state index contributed by atoms with van der Waals surface area (Å²) in [6, 6.07) is 3.91. The van der Waals surface area contributed by atoms with E-state index in [1.54, 1.807) is 13.8 Å². The second-order valence-corrected chi connectivity index (χ2v) is 7.82. The third-order valence-corrected chi connectivity index (χ3v) is 6.17. The van der Waals surface area contributed by atoms with Crippen molar-refractivity contribution >= 4 is 32.8 Å². The summed E-state index contributed by atoms with van der Waals surface area (Å²) in [5.41, 5.74) is -0.387. The van der Waals surface area contributed by atoms with Gasteiger partial charge in [-0.1, -0.05) is 13.8 Å². The number of rotatable bonds is 7. The molecule has 9 nitrogen and oxygen atoms in total. The number of pyridine rings is 1. The highest BCUT2D eigenvalue weighted by atomic mass is 32.2. The second kappa shape index (κ2) is 7.89. The van der Waals surface area contributed by atoms with E-state index in [0.29, 0.717) is 0 Å². The Kier molecular flexibility index (Phi) is 6.01. The van der Waals surface area contributed by atoms with Gasteiger partial charge in [0.05, 0.1) is 10.5 Å². The van der Waals surface area contributed by atoms with Crippen LogP contribution in [0.25, 0.3) is 10.9 Å². The van der Waals surface area contributed by atoms with Crippen LogP contribution >= 0.6 is 0 Å². The molecule has 0 saturated heterocycles. The first-order valence-corrected chi connectivity index (χ1v) is 9.76. The van der Waals surface area contributed by atoms with Crippen molar-refractivity contribution in [1.29, 1.82) is 0 Å². The van der Waals surface area contributed by atoms with Crippen molar-refractivity contribution in [2.75, 3.05) is 13.1 Å². The average molecular weight is 395 g/mol. The second-order valence-electron chi connectivity index (χ2n) is 5.88. The topological polar surface area (TPSA) is 137 Å². The molecule has 1 amide bonds. The summed E-state index contributed by atoms with van der Waals surface area (Å²) in [5, 5.41) is 11.4. The molecule has 0 bridgehead atoms. The minimum Gasteiger partial charge on any atom is -0.480 e. The number of hydrogen-bond donors (Lipinski definition) is 3. The quantitative estimate of drug-likeness (QED) is 0.633. The highest BCUT2D eigenvalue weighted by molar-refractivity contribution is 7.89. The first kappa shape index (κ1) is 20.6. The van der Waals surface area contributed by atoms with Crippen LogP contribution in [0.5, 0.6) is 0 Å². The third-order valence-electron chi connectivity index (χ3n) is 4.12. The Morgan fingerprint density at radius 1 is 1.22 bits per heavy atom. The minimum absolute atomic E-state index is 0.0221. The van der Waals surface area contributed by atoms with Crippen molar-refractivity contribution in [1.82, 2.24) is 14.6 Å². The number of carboxylic acids is 1. The number of carbonyl (C=O) groups excluding carboxylic acids is 1. The predicted molar refractivity (Wildman–Crippen MR) is 99.2 cm³/mol. The van der Waals surface area contributed by atoms with Crippen LogP contribution in [0.2, 0.25) is 0 Å². The molecule has 2 aromatic rings. The summed E-state index contributed by atoms with van der Waals surface area (Å²) in [7, 11) is -3.77. The van der Waals surface area contributed by atoms with E-state index >= 15 is 0 Å². The molecule has 1 aromatic carbocycles. The number of aromatic amines is 1. The van der Waals surface area contributed by atoms with Gasteiger partial charge in [0.15, 0.2) is 0 Å². The van der Waals surface area contributed by atoms with Gasteiger partial charge in [0, 0.05) is 30.1 Å². The molecule has 0 saturated carbocycles. The molecular formula is C17H21N3O6S. The van der Waals surface area contributed by atoms with Crippen molar-refractivity contribution in [2.24, 2.45) is 0 Å². The highest BCUT2D eigenvalue weighted by Crippen LogP contribution is 2.23. The molecular weight excluding hydrogens is 374 g/mol. The maximum absolute atomic E-state index is 12.7. The third kappa shape index (κ3) is 4.17. The molecule has 0 aliphatic heterocycles. The number of aliphatic carboxylic acids is 1.